The van der Waals surface area contributed by atoms with Gasteiger partial charge in [0, 0.05) is 13.1 Å². The Balaban J connectivity index is 1.81. The molecule has 2 heterocycles. The summed E-state index contributed by atoms with van der Waals surface area (Å²) >= 11 is 0. The summed E-state index contributed by atoms with van der Waals surface area (Å²) in [4.78, 5) is 19.2. The SMILES string of the molecule is Cc1ccc(C)c(S(=O)(=O)Cc2cccc(C(=O)N3CCC(C)CC3)n2)c1. The molecule has 6 heteroatoms. The first-order valence-electron chi connectivity index (χ1n) is 9.31. The third-order valence-electron chi connectivity index (χ3n) is 5.11. The fourth-order valence-corrected chi connectivity index (χ4v) is 5.00. The van der Waals surface area contributed by atoms with Gasteiger partial charge in [0.2, 0.25) is 0 Å². The van der Waals surface area contributed by atoms with Gasteiger partial charge in [0.25, 0.3) is 5.91 Å². The number of hydrogen-bond donors (Lipinski definition) is 0. The molecule has 1 aromatic carbocycles. The van der Waals surface area contributed by atoms with E-state index in [1.165, 1.54) is 0 Å². The highest BCUT2D eigenvalue weighted by atomic mass is 32.2. The molecule has 1 saturated heterocycles. The number of piperidine rings is 1. The number of pyridine rings is 1. The number of sulfone groups is 1. The monoisotopic (exact) mass is 386 g/mol. The number of hydrogen-bond acceptors (Lipinski definition) is 4. The van der Waals surface area contributed by atoms with Gasteiger partial charge in [-0.1, -0.05) is 25.1 Å². The average Bonchev–Trinajstić information content (AvgIpc) is 2.63. The van der Waals surface area contributed by atoms with Gasteiger partial charge < -0.3 is 4.90 Å². The van der Waals surface area contributed by atoms with E-state index < -0.39 is 9.84 Å². The van der Waals surface area contributed by atoms with Crippen molar-refractivity contribution in [2.24, 2.45) is 5.92 Å². The van der Waals surface area contributed by atoms with Crippen molar-refractivity contribution >= 4 is 15.7 Å². The Morgan fingerprint density at radius 1 is 1.15 bits per heavy atom. The van der Waals surface area contributed by atoms with E-state index in [1.54, 1.807) is 31.2 Å². The van der Waals surface area contributed by atoms with Crippen LogP contribution in [0.15, 0.2) is 41.3 Å². The minimum absolute atomic E-state index is 0.118. The molecule has 2 aromatic rings. The minimum atomic E-state index is -3.53. The van der Waals surface area contributed by atoms with Crippen LogP contribution in [-0.2, 0) is 15.6 Å². The number of carbonyl (C=O) groups is 1. The molecule has 144 valence electrons. The lowest BCUT2D eigenvalue weighted by atomic mass is 9.99. The van der Waals surface area contributed by atoms with Gasteiger partial charge >= 0.3 is 0 Å². The molecule has 1 fully saturated rings. The number of likely N-dealkylation sites (tertiary alicyclic amines) is 1. The second-order valence-electron chi connectivity index (χ2n) is 7.52. The standard InChI is InChI=1S/C21H26N2O3S/c1-15-9-11-23(12-10-15)21(24)19-6-4-5-18(22-19)14-27(25,26)20-13-16(2)7-8-17(20)3/h4-8,13,15H,9-12,14H2,1-3H3. The summed E-state index contributed by atoms with van der Waals surface area (Å²) in [6.45, 7) is 7.31. The first kappa shape index (κ1) is 19.5. The zero-order valence-electron chi connectivity index (χ0n) is 16.1. The van der Waals surface area contributed by atoms with Crippen molar-refractivity contribution in [3.8, 4) is 0 Å². The van der Waals surface area contributed by atoms with Gasteiger partial charge in [-0.25, -0.2) is 13.4 Å². The molecule has 3 rings (SSSR count). The Bertz CT molecular complexity index is 946. The molecule has 0 atom stereocenters. The molecule has 5 nitrogen and oxygen atoms in total. The van der Waals surface area contributed by atoms with Crippen LogP contribution in [0.5, 0.6) is 0 Å². The van der Waals surface area contributed by atoms with Crippen molar-refractivity contribution in [2.75, 3.05) is 13.1 Å². The van der Waals surface area contributed by atoms with E-state index in [-0.39, 0.29) is 11.7 Å². The van der Waals surface area contributed by atoms with Gasteiger partial charge in [0.1, 0.15) is 5.69 Å². The van der Waals surface area contributed by atoms with E-state index in [2.05, 4.69) is 11.9 Å². The van der Waals surface area contributed by atoms with Crippen molar-refractivity contribution in [1.29, 1.82) is 0 Å². The van der Waals surface area contributed by atoms with Crippen LogP contribution in [0.4, 0.5) is 0 Å². The molecule has 0 unspecified atom stereocenters. The predicted molar refractivity (Wildman–Crippen MR) is 105 cm³/mol. The number of amides is 1. The summed E-state index contributed by atoms with van der Waals surface area (Å²) in [7, 11) is -3.53. The maximum atomic E-state index is 12.9. The van der Waals surface area contributed by atoms with Gasteiger partial charge in [-0.05, 0) is 61.9 Å². The summed E-state index contributed by atoms with van der Waals surface area (Å²) in [5.41, 5.74) is 2.33. The summed E-state index contributed by atoms with van der Waals surface area (Å²) in [6, 6.07) is 10.4. The molecule has 0 aliphatic carbocycles. The molecular weight excluding hydrogens is 360 g/mol. The van der Waals surface area contributed by atoms with E-state index in [0.717, 1.165) is 37.1 Å². The van der Waals surface area contributed by atoms with Crippen LogP contribution >= 0.6 is 0 Å². The Morgan fingerprint density at radius 3 is 2.56 bits per heavy atom. The maximum Gasteiger partial charge on any atom is 0.272 e. The molecule has 1 amide bonds. The molecular formula is C21H26N2O3S. The van der Waals surface area contributed by atoms with E-state index in [9.17, 15) is 13.2 Å². The maximum absolute atomic E-state index is 12.9. The van der Waals surface area contributed by atoms with Crippen molar-refractivity contribution in [3.05, 3.63) is 58.9 Å². The number of aryl methyl sites for hydroxylation is 2. The number of benzene rings is 1. The highest BCUT2D eigenvalue weighted by Crippen LogP contribution is 2.22. The summed E-state index contributed by atoms with van der Waals surface area (Å²) in [5, 5.41) is 0. The van der Waals surface area contributed by atoms with Crippen LogP contribution < -0.4 is 0 Å². The van der Waals surface area contributed by atoms with Crippen LogP contribution in [0.3, 0.4) is 0 Å². The van der Waals surface area contributed by atoms with Gasteiger partial charge in [0.15, 0.2) is 9.84 Å². The normalized spacial score (nSPS) is 15.7. The molecule has 0 N–H and O–H groups in total. The van der Waals surface area contributed by atoms with Crippen molar-refractivity contribution < 1.29 is 13.2 Å². The highest BCUT2D eigenvalue weighted by molar-refractivity contribution is 7.90. The smallest absolute Gasteiger partial charge is 0.272 e. The lowest BCUT2D eigenvalue weighted by Gasteiger charge is -2.30. The first-order valence-corrected chi connectivity index (χ1v) is 11.0. The van der Waals surface area contributed by atoms with Gasteiger partial charge in [-0.2, -0.15) is 0 Å². The average molecular weight is 387 g/mol. The predicted octanol–water partition coefficient (Wildman–Crippen LogP) is 3.54. The fraction of sp³-hybridized carbons (Fsp3) is 0.429. The Hall–Kier alpha value is -2.21. The topological polar surface area (TPSA) is 67.3 Å². The molecule has 1 aliphatic rings. The third-order valence-corrected chi connectivity index (χ3v) is 6.90. The third kappa shape index (κ3) is 4.56. The van der Waals surface area contributed by atoms with E-state index in [4.69, 9.17) is 0 Å². The molecule has 0 radical (unpaired) electrons. The second-order valence-corrected chi connectivity index (χ2v) is 9.47. The summed E-state index contributed by atoms with van der Waals surface area (Å²) in [5.74, 6) is 0.305. The van der Waals surface area contributed by atoms with Gasteiger partial charge in [0.05, 0.1) is 16.3 Å². The van der Waals surface area contributed by atoms with Crippen LogP contribution in [-0.4, -0.2) is 37.3 Å². The van der Waals surface area contributed by atoms with Crippen LogP contribution in [0, 0.1) is 19.8 Å². The van der Waals surface area contributed by atoms with E-state index >= 15 is 0 Å². The zero-order valence-corrected chi connectivity index (χ0v) is 16.9. The van der Waals surface area contributed by atoms with Crippen LogP contribution in [0.2, 0.25) is 0 Å². The largest absolute Gasteiger partial charge is 0.337 e. The van der Waals surface area contributed by atoms with Crippen molar-refractivity contribution in [1.82, 2.24) is 9.88 Å². The molecule has 0 bridgehead atoms. The Morgan fingerprint density at radius 2 is 1.85 bits per heavy atom. The molecule has 27 heavy (non-hydrogen) atoms. The second kappa shape index (κ2) is 7.80. The number of carbonyl (C=O) groups excluding carboxylic acids is 1. The first-order chi connectivity index (χ1) is 12.8. The zero-order chi connectivity index (χ0) is 19.6. The molecule has 0 saturated carbocycles. The van der Waals surface area contributed by atoms with Crippen molar-refractivity contribution in [3.63, 3.8) is 0 Å². The lowest BCUT2D eigenvalue weighted by Crippen LogP contribution is -2.38. The van der Waals surface area contributed by atoms with E-state index in [0.29, 0.717) is 22.2 Å². The fourth-order valence-electron chi connectivity index (χ4n) is 3.37. The van der Waals surface area contributed by atoms with E-state index in [1.807, 2.05) is 24.0 Å². The summed E-state index contributed by atoms with van der Waals surface area (Å²) in [6.07, 6.45) is 1.99. The van der Waals surface area contributed by atoms with Crippen LogP contribution in [0.1, 0.15) is 47.1 Å². The Labute approximate surface area is 161 Å². The summed E-state index contributed by atoms with van der Waals surface area (Å²) < 4.78 is 25.7. The quantitative estimate of drug-likeness (QED) is 0.806. The van der Waals surface area contributed by atoms with Gasteiger partial charge in [-0.3, -0.25) is 4.79 Å². The lowest BCUT2D eigenvalue weighted by molar-refractivity contribution is 0.0691. The number of aromatic nitrogens is 1. The van der Waals surface area contributed by atoms with Crippen molar-refractivity contribution in [2.45, 2.75) is 44.3 Å². The highest BCUT2D eigenvalue weighted by Gasteiger charge is 2.24. The number of nitrogens with zero attached hydrogens (tertiary/aromatic N) is 2. The minimum Gasteiger partial charge on any atom is -0.337 e. The van der Waals surface area contributed by atoms with Crippen LogP contribution in [0.25, 0.3) is 0 Å². The molecule has 0 spiro atoms. The van der Waals surface area contributed by atoms with Gasteiger partial charge in [-0.15, -0.1) is 0 Å². The molecule has 1 aliphatic heterocycles. The Kier molecular flexibility index (Phi) is 5.65. The number of rotatable bonds is 4. The molecule has 1 aromatic heterocycles.